The second kappa shape index (κ2) is 7.77. The Bertz CT molecular complexity index is 675. The zero-order chi connectivity index (χ0) is 20.4. The molecule has 1 aromatic carbocycles. The maximum Gasteiger partial charge on any atom is 0.416 e. The molecule has 27 heavy (non-hydrogen) atoms. The van der Waals surface area contributed by atoms with Gasteiger partial charge in [0.2, 0.25) is 0 Å². The normalized spacial score (nSPS) is 17.4. The van der Waals surface area contributed by atoms with E-state index in [0.717, 1.165) is 19.3 Å². The number of aliphatic carboxylic acids is 1. The van der Waals surface area contributed by atoms with Gasteiger partial charge in [0.05, 0.1) is 11.1 Å². The standard InChI is InChI=1S/C17H17F6NO3/c18-16(19,20)11-6-10(7-12(8-11)17(21,22)23)14(25)24-13(15(26)27)9-4-2-1-3-5-9/h6-9,13H,1-5H2,(H,24,25)(H,26,27)/t13-/m1/s1. The number of alkyl halides is 6. The highest BCUT2D eigenvalue weighted by Gasteiger charge is 2.38. The number of rotatable bonds is 4. The number of carboxylic acids is 1. The molecule has 1 atom stereocenters. The van der Waals surface area contributed by atoms with Crippen molar-refractivity contribution < 1.29 is 41.0 Å². The molecule has 1 aliphatic rings. The first kappa shape index (κ1) is 21.0. The van der Waals surface area contributed by atoms with Crippen molar-refractivity contribution in [2.45, 2.75) is 50.5 Å². The average molecular weight is 397 g/mol. The quantitative estimate of drug-likeness (QED) is 0.736. The van der Waals surface area contributed by atoms with Gasteiger partial charge in [-0.25, -0.2) is 4.79 Å². The molecule has 0 bridgehead atoms. The highest BCUT2D eigenvalue weighted by atomic mass is 19.4. The topological polar surface area (TPSA) is 66.4 Å². The van der Waals surface area contributed by atoms with Crippen molar-refractivity contribution in [3.63, 3.8) is 0 Å². The van der Waals surface area contributed by atoms with Crippen LogP contribution in [0.15, 0.2) is 18.2 Å². The van der Waals surface area contributed by atoms with Gasteiger partial charge >= 0.3 is 18.3 Å². The predicted octanol–water partition coefficient (Wildman–Crippen LogP) is 4.49. The van der Waals surface area contributed by atoms with E-state index in [1.165, 1.54) is 0 Å². The molecule has 1 aliphatic carbocycles. The smallest absolute Gasteiger partial charge is 0.416 e. The largest absolute Gasteiger partial charge is 0.480 e. The van der Waals surface area contributed by atoms with E-state index in [9.17, 15) is 41.0 Å². The summed E-state index contributed by atoms with van der Waals surface area (Å²) in [6.45, 7) is 0. The van der Waals surface area contributed by atoms with Gasteiger partial charge in [-0.3, -0.25) is 4.79 Å². The first-order valence-corrected chi connectivity index (χ1v) is 8.22. The summed E-state index contributed by atoms with van der Waals surface area (Å²) >= 11 is 0. The summed E-state index contributed by atoms with van der Waals surface area (Å²) in [5, 5.41) is 11.4. The molecule has 0 radical (unpaired) electrons. The molecule has 1 fully saturated rings. The van der Waals surface area contributed by atoms with Gasteiger partial charge in [0.25, 0.3) is 5.91 Å². The third kappa shape index (κ3) is 5.36. The van der Waals surface area contributed by atoms with Crippen molar-refractivity contribution in [2.75, 3.05) is 0 Å². The fourth-order valence-corrected chi connectivity index (χ4v) is 3.16. The van der Waals surface area contributed by atoms with Gasteiger partial charge in [-0.2, -0.15) is 26.3 Å². The van der Waals surface area contributed by atoms with Crippen molar-refractivity contribution in [2.24, 2.45) is 5.92 Å². The van der Waals surface area contributed by atoms with E-state index in [-0.39, 0.29) is 18.2 Å². The number of nitrogens with one attached hydrogen (secondary N) is 1. The Hall–Kier alpha value is -2.26. The summed E-state index contributed by atoms with van der Waals surface area (Å²) in [4.78, 5) is 23.7. The minimum absolute atomic E-state index is 0.0907. The summed E-state index contributed by atoms with van der Waals surface area (Å²) in [6.07, 6.45) is -6.78. The number of carbonyl (C=O) groups excluding carboxylic acids is 1. The van der Waals surface area contributed by atoms with Crippen molar-refractivity contribution in [1.82, 2.24) is 5.32 Å². The van der Waals surface area contributed by atoms with E-state index in [1.807, 2.05) is 0 Å². The minimum Gasteiger partial charge on any atom is -0.480 e. The van der Waals surface area contributed by atoms with Gasteiger partial charge in [-0.1, -0.05) is 19.3 Å². The number of hydrogen-bond donors (Lipinski definition) is 2. The van der Waals surface area contributed by atoms with Crippen LogP contribution in [-0.4, -0.2) is 23.0 Å². The Morgan fingerprint density at radius 1 is 0.926 bits per heavy atom. The van der Waals surface area contributed by atoms with Crippen LogP contribution in [0.2, 0.25) is 0 Å². The van der Waals surface area contributed by atoms with Crippen LogP contribution in [0.3, 0.4) is 0 Å². The highest BCUT2D eigenvalue weighted by molar-refractivity contribution is 5.97. The molecule has 0 unspecified atom stereocenters. The number of amides is 1. The molecule has 1 saturated carbocycles. The van der Waals surface area contributed by atoms with Gasteiger partial charge in [-0.15, -0.1) is 0 Å². The number of halogens is 6. The van der Waals surface area contributed by atoms with Crippen LogP contribution in [0, 0.1) is 5.92 Å². The molecular formula is C17H17F6NO3. The van der Waals surface area contributed by atoms with Crippen LogP contribution in [0.25, 0.3) is 0 Å². The van der Waals surface area contributed by atoms with Crippen molar-refractivity contribution in [3.8, 4) is 0 Å². The second-order valence-electron chi connectivity index (χ2n) is 6.48. The Labute approximate surface area is 150 Å². The van der Waals surface area contributed by atoms with Crippen LogP contribution in [0.5, 0.6) is 0 Å². The van der Waals surface area contributed by atoms with Gasteiger partial charge in [0, 0.05) is 5.56 Å². The summed E-state index contributed by atoms with van der Waals surface area (Å²) in [6, 6.07) is -0.900. The van der Waals surface area contributed by atoms with Gasteiger partial charge < -0.3 is 10.4 Å². The lowest BCUT2D eigenvalue weighted by Gasteiger charge is -2.28. The van der Waals surface area contributed by atoms with Gasteiger partial charge in [0.15, 0.2) is 0 Å². The molecule has 1 aromatic rings. The monoisotopic (exact) mass is 397 g/mol. The predicted molar refractivity (Wildman–Crippen MR) is 81.9 cm³/mol. The van der Waals surface area contributed by atoms with E-state index >= 15 is 0 Å². The molecule has 1 amide bonds. The Morgan fingerprint density at radius 3 is 1.81 bits per heavy atom. The van der Waals surface area contributed by atoms with Crippen LogP contribution < -0.4 is 5.32 Å². The molecule has 10 heteroatoms. The molecule has 150 valence electrons. The zero-order valence-electron chi connectivity index (χ0n) is 14.0. The van der Waals surface area contributed by atoms with Crippen LogP contribution in [0.4, 0.5) is 26.3 Å². The molecule has 0 aliphatic heterocycles. The lowest BCUT2D eigenvalue weighted by atomic mass is 9.83. The van der Waals surface area contributed by atoms with E-state index in [2.05, 4.69) is 5.32 Å². The number of carboxylic acid groups (broad SMARTS) is 1. The molecule has 0 heterocycles. The first-order valence-electron chi connectivity index (χ1n) is 8.22. The molecule has 4 nitrogen and oxygen atoms in total. The number of hydrogen-bond acceptors (Lipinski definition) is 2. The van der Waals surface area contributed by atoms with E-state index in [1.54, 1.807) is 0 Å². The number of carbonyl (C=O) groups is 2. The lowest BCUT2D eigenvalue weighted by Crippen LogP contribution is -2.46. The summed E-state index contributed by atoms with van der Waals surface area (Å²) in [7, 11) is 0. The Balaban J connectivity index is 2.34. The summed E-state index contributed by atoms with van der Waals surface area (Å²) in [5.74, 6) is -3.09. The van der Waals surface area contributed by atoms with Crippen LogP contribution in [0.1, 0.15) is 53.6 Å². The molecular weight excluding hydrogens is 380 g/mol. The third-order valence-corrected chi connectivity index (χ3v) is 4.52. The molecule has 2 N–H and O–H groups in total. The minimum atomic E-state index is -5.09. The molecule has 2 rings (SSSR count). The Kier molecular flexibility index (Phi) is 6.06. The maximum absolute atomic E-state index is 12.9. The lowest BCUT2D eigenvalue weighted by molar-refractivity contribution is -0.143. The molecule has 0 aromatic heterocycles. The molecule has 0 saturated heterocycles. The number of benzene rings is 1. The summed E-state index contributed by atoms with van der Waals surface area (Å²) < 4.78 is 77.3. The maximum atomic E-state index is 12.9. The van der Waals surface area contributed by atoms with Crippen molar-refractivity contribution in [1.29, 1.82) is 0 Å². The zero-order valence-corrected chi connectivity index (χ0v) is 14.0. The van der Waals surface area contributed by atoms with E-state index in [0.29, 0.717) is 12.8 Å². The van der Waals surface area contributed by atoms with Crippen molar-refractivity contribution in [3.05, 3.63) is 34.9 Å². The SMILES string of the molecule is O=C(N[C@@H](C(=O)O)C1CCCCC1)c1cc(C(F)(F)F)cc(C(F)(F)F)c1. The summed E-state index contributed by atoms with van der Waals surface area (Å²) in [5.41, 5.74) is -4.15. The Morgan fingerprint density at radius 2 is 1.41 bits per heavy atom. The van der Waals surface area contributed by atoms with E-state index in [4.69, 9.17) is 0 Å². The second-order valence-corrected chi connectivity index (χ2v) is 6.48. The molecule has 0 spiro atoms. The van der Waals surface area contributed by atoms with E-state index < -0.39 is 52.9 Å². The van der Waals surface area contributed by atoms with Gasteiger partial charge in [0.1, 0.15) is 6.04 Å². The van der Waals surface area contributed by atoms with Gasteiger partial charge in [-0.05, 0) is 37.0 Å². The van der Waals surface area contributed by atoms with Crippen LogP contribution in [-0.2, 0) is 17.1 Å². The fourth-order valence-electron chi connectivity index (χ4n) is 3.16. The van der Waals surface area contributed by atoms with Crippen LogP contribution >= 0.6 is 0 Å². The highest BCUT2D eigenvalue weighted by Crippen LogP contribution is 2.36. The van der Waals surface area contributed by atoms with Crippen molar-refractivity contribution >= 4 is 11.9 Å². The fraction of sp³-hybridized carbons (Fsp3) is 0.529. The average Bonchev–Trinajstić information content (AvgIpc) is 2.58. The third-order valence-electron chi connectivity index (χ3n) is 4.52. The first-order chi connectivity index (χ1) is 12.4.